The Morgan fingerprint density at radius 1 is 1.50 bits per heavy atom. The standard InChI is InChI=1S/C6H13P.ClH/c1-2-7-6-4-3-5-6;/h6-7H,2-5H2,1H3;1H. The molecule has 1 rings (SSSR count). The summed E-state index contributed by atoms with van der Waals surface area (Å²) in [6.45, 7) is 2.29. The average Bonchev–Trinajstić information content (AvgIpc) is 1.55. The number of hydrogen-bond acceptors (Lipinski definition) is 0. The first kappa shape index (κ1) is 8.72. The van der Waals surface area contributed by atoms with Crippen LogP contribution in [0.5, 0.6) is 0 Å². The van der Waals surface area contributed by atoms with Gasteiger partial charge in [0.05, 0.1) is 0 Å². The molecular formula is C6H14ClP. The molecule has 50 valence electrons. The zero-order valence-corrected chi connectivity index (χ0v) is 7.13. The Hall–Kier alpha value is 0.720. The highest BCUT2D eigenvalue weighted by atomic mass is 35.5. The Labute approximate surface area is 59.6 Å². The van der Waals surface area contributed by atoms with Crippen molar-refractivity contribution in [2.75, 3.05) is 6.16 Å². The van der Waals surface area contributed by atoms with Gasteiger partial charge in [-0.1, -0.05) is 13.3 Å². The summed E-state index contributed by atoms with van der Waals surface area (Å²) in [5, 5.41) is 0. The second kappa shape index (κ2) is 4.58. The van der Waals surface area contributed by atoms with Gasteiger partial charge < -0.3 is 0 Å². The van der Waals surface area contributed by atoms with Crippen molar-refractivity contribution in [1.82, 2.24) is 0 Å². The Morgan fingerprint density at radius 3 is 2.25 bits per heavy atom. The summed E-state index contributed by atoms with van der Waals surface area (Å²) in [6.07, 6.45) is 6.00. The minimum Gasteiger partial charge on any atom is -0.147 e. The lowest BCUT2D eigenvalue weighted by atomic mass is 10.00. The van der Waals surface area contributed by atoms with Crippen LogP contribution in [-0.2, 0) is 0 Å². The molecule has 1 fully saturated rings. The van der Waals surface area contributed by atoms with Gasteiger partial charge in [-0.25, -0.2) is 0 Å². The van der Waals surface area contributed by atoms with Gasteiger partial charge >= 0.3 is 0 Å². The van der Waals surface area contributed by atoms with Crippen LogP contribution in [0.15, 0.2) is 0 Å². The number of hydrogen-bond donors (Lipinski definition) is 0. The minimum absolute atomic E-state index is 0. The first-order valence-electron chi connectivity index (χ1n) is 3.17. The molecule has 1 atom stereocenters. The molecule has 0 nitrogen and oxygen atoms in total. The third-order valence-corrected chi connectivity index (χ3v) is 3.16. The Balaban J connectivity index is 0.000000490. The second-order valence-corrected chi connectivity index (χ2v) is 4.12. The smallest absolute Gasteiger partial charge is 0.0237 e. The van der Waals surface area contributed by atoms with Crippen molar-refractivity contribution in [3.8, 4) is 0 Å². The summed E-state index contributed by atoms with van der Waals surface area (Å²) >= 11 is 0. The van der Waals surface area contributed by atoms with Crippen LogP contribution >= 0.6 is 21.0 Å². The molecule has 0 aromatic rings. The van der Waals surface area contributed by atoms with Crippen molar-refractivity contribution in [2.24, 2.45) is 0 Å². The van der Waals surface area contributed by atoms with Crippen molar-refractivity contribution in [1.29, 1.82) is 0 Å². The van der Waals surface area contributed by atoms with Crippen molar-refractivity contribution in [2.45, 2.75) is 31.8 Å². The Morgan fingerprint density at radius 2 is 2.12 bits per heavy atom. The predicted molar refractivity (Wildman–Crippen MR) is 43.7 cm³/mol. The molecular weight excluding hydrogens is 138 g/mol. The monoisotopic (exact) mass is 152 g/mol. The SMILES string of the molecule is CCPC1CCC1.Cl. The highest BCUT2D eigenvalue weighted by molar-refractivity contribution is 7.38. The van der Waals surface area contributed by atoms with E-state index in [9.17, 15) is 0 Å². The fourth-order valence-corrected chi connectivity index (χ4v) is 2.29. The maximum atomic E-state index is 2.29. The van der Waals surface area contributed by atoms with Gasteiger partial charge in [-0.15, -0.1) is 21.0 Å². The lowest BCUT2D eigenvalue weighted by molar-refractivity contribution is 0.518. The Bertz CT molecular complexity index is 52.5. The third-order valence-electron chi connectivity index (χ3n) is 1.60. The highest BCUT2D eigenvalue weighted by Crippen LogP contribution is 2.35. The van der Waals surface area contributed by atoms with Gasteiger partial charge in [-0.3, -0.25) is 0 Å². The molecule has 0 radical (unpaired) electrons. The molecule has 0 aromatic heterocycles. The molecule has 2 heteroatoms. The zero-order chi connectivity index (χ0) is 5.11. The molecule has 1 unspecified atom stereocenters. The molecule has 1 aliphatic rings. The molecule has 1 aliphatic carbocycles. The first-order valence-corrected chi connectivity index (χ1v) is 4.45. The van der Waals surface area contributed by atoms with Gasteiger partial charge in [0.25, 0.3) is 0 Å². The summed E-state index contributed by atoms with van der Waals surface area (Å²) < 4.78 is 0. The normalized spacial score (nSPS) is 20.6. The lowest BCUT2D eigenvalue weighted by Crippen LogP contribution is -2.11. The van der Waals surface area contributed by atoms with E-state index in [0.29, 0.717) is 0 Å². The van der Waals surface area contributed by atoms with Crippen LogP contribution < -0.4 is 0 Å². The molecule has 0 amide bonds. The van der Waals surface area contributed by atoms with Crippen molar-refractivity contribution >= 4 is 21.0 Å². The molecule has 8 heavy (non-hydrogen) atoms. The van der Waals surface area contributed by atoms with Crippen molar-refractivity contribution in [3.63, 3.8) is 0 Å². The fourth-order valence-electron chi connectivity index (χ4n) is 0.901. The van der Waals surface area contributed by atoms with Gasteiger partial charge in [0.2, 0.25) is 0 Å². The summed E-state index contributed by atoms with van der Waals surface area (Å²) in [5.74, 6) is 0. The maximum Gasteiger partial charge on any atom is -0.0237 e. The van der Waals surface area contributed by atoms with Crippen LogP contribution in [0.3, 0.4) is 0 Å². The van der Waals surface area contributed by atoms with E-state index in [2.05, 4.69) is 6.92 Å². The van der Waals surface area contributed by atoms with Crippen LogP contribution in [0, 0.1) is 0 Å². The summed E-state index contributed by atoms with van der Waals surface area (Å²) in [4.78, 5) is 0. The first-order chi connectivity index (χ1) is 3.43. The third kappa shape index (κ3) is 2.33. The van der Waals surface area contributed by atoms with Gasteiger partial charge in [0.15, 0.2) is 0 Å². The van der Waals surface area contributed by atoms with E-state index < -0.39 is 0 Å². The van der Waals surface area contributed by atoms with E-state index in [1.165, 1.54) is 34.0 Å². The molecule has 0 bridgehead atoms. The molecule has 1 saturated carbocycles. The van der Waals surface area contributed by atoms with E-state index in [-0.39, 0.29) is 12.4 Å². The molecule has 0 aliphatic heterocycles. The average molecular weight is 153 g/mol. The molecule has 0 N–H and O–H groups in total. The fraction of sp³-hybridized carbons (Fsp3) is 1.00. The van der Waals surface area contributed by atoms with Crippen LogP contribution in [0.4, 0.5) is 0 Å². The Kier molecular flexibility index (Phi) is 5.00. The molecule has 0 spiro atoms. The maximum absolute atomic E-state index is 2.29. The molecule has 0 heterocycles. The van der Waals surface area contributed by atoms with Gasteiger partial charge in [0.1, 0.15) is 0 Å². The zero-order valence-electron chi connectivity index (χ0n) is 5.31. The second-order valence-electron chi connectivity index (χ2n) is 2.19. The topological polar surface area (TPSA) is 0 Å². The van der Waals surface area contributed by atoms with Crippen molar-refractivity contribution in [3.05, 3.63) is 0 Å². The van der Waals surface area contributed by atoms with E-state index in [0.717, 1.165) is 5.66 Å². The van der Waals surface area contributed by atoms with E-state index in [4.69, 9.17) is 0 Å². The summed E-state index contributed by atoms with van der Waals surface area (Å²) in [7, 11) is 1.28. The molecule has 0 saturated heterocycles. The lowest BCUT2D eigenvalue weighted by Gasteiger charge is -2.24. The van der Waals surface area contributed by atoms with Crippen molar-refractivity contribution < 1.29 is 0 Å². The van der Waals surface area contributed by atoms with E-state index >= 15 is 0 Å². The molecule has 0 aromatic carbocycles. The van der Waals surface area contributed by atoms with Gasteiger partial charge in [0, 0.05) is 0 Å². The minimum atomic E-state index is 0. The van der Waals surface area contributed by atoms with Crippen LogP contribution in [0.25, 0.3) is 0 Å². The van der Waals surface area contributed by atoms with Crippen LogP contribution in [-0.4, -0.2) is 11.8 Å². The largest absolute Gasteiger partial charge is 0.147 e. The van der Waals surface area contributed by atoms with Crippen LogP contribution in [0.1, 0.15) is 26.2 Å². The number of halogens is 1. The van der Waals surface area contributed by atoms with Crippen LogP contribution in [0.2, 0.25) is 0 Å². The van der Waals surface area contributed by atoms with Gasteiger partial charge in [-0.2, -0.15) is 0 Å². The van der Waals surface area contributed by atoms with E-state index in [1.807, 2.05) is 0 Å². The number of rotatable bonds is 2. The summed E-state index contributed by atoms with van der Waals surface area (Å²) in [6, 6.07) is 0. The quantitative estimate of drug-likeness (QED) is 0.534. The predicted octanol–water partition coefficient (Wildman–Crippen LogP) is 2.66. The van der Waals surface area contributed by atoms with E-state index in [1.54, 1.807) is 0 Å². The highest BCUT2D eigenvalue weighted by Gasteiger charge is 2.14. The van der Waals surface area contributed by atoms with Gasteiger partial charge in [-0.05, 0) is 24.7 Å². The summed E-state index contributed by atoms with van der Waals surface area (Å²) in [5.41, 5.74) is 1.16.